The molecule has 6 heteroatoms. The summed E-state index contributed by atoms with van der Waals surface area (Å²) in [5, 5.41) is 16.5. The van der Waals surface area contributed by atoms with Gasteiger partial charge >= 0.3 is 0 Å². The van der Waals surface area contributed by atoms with Crippen LogP contribution in [0, 0.1) is 5.92 Å². The Morgan fingerprint density at radius 2 is 2.32 bits per heavy atom. The van der Waals surface area contributed by atoms with E-state index in [1.54, 1.807) is 11.3 Å². The van der Waals surface area contributed by atoms with Gasteiger partial charge in [-0.25, -0.2) is 0 Å². The van der Waals surface area contributed by atoms with Crippen LogP contribution < -0.4 is 5.32 Å². The molecule has 0 bridgehead atoms. The number of allylic oxidation sites excluding steroid dienone is 1. The van der Waals surface area contributed by atoms with Crippen molar-refractivity contribution < 1.29 is 19.4 Å². The lowest BCUT2D eigenvalue weighted by molar-refractivity contribution is -0.167. The van der Waals surface area contributed by atoms with Crippen molar-refractivity contribution in [2.45, 2.75) is 57.3 Å². The van der Waals surface area contributed by atoms with Crippen LogP contribution in [0.15, 0.2) is 28.7 Å². The molecule has 1 amide bonds. The first-order chi connectivity index (χ1) is 12.2. The first-order valence-electron chi connectivity index (χ1n) is 9.16. The normalized spacial score (nSPS) is 26.5. The molecule has 2 N–H and O–H groups in total. The average Bonchev–Trinajstić information content (AvgIpc) is 3.11. The summed E-state index contributed by atoms with van der Waals surface area (Å²) in [5.41, 5.74) is 1.18. The number of hydrogen-bond acceptors (Lipinski definition) is 5. The minimum atomic E-state index is -0.464. The van der Waals surface area contributed by atoms with Crippen molar-refractivity contribution in [1.82, 2.24) is 5.32 Å². The summed E-state index contributed by atoms with van der Waals surface area (Å²) in [5.74, 6) is 0.365. The third-order valence-electron chi connectivity index (χ3n) is 5.00. The molecule has 0 aromatic carbocycles. The zero-order valence-electron chi connectivity index (χ0n) is 14.6. The minimum absolute atomic E-state index is 0.0604. The standard InChI is InChI=1S/C19H27NO4S/c1-2-23-19-15(7-4-9-21)16(13-8-10-25-12-13)11-17(24-19)18(22)20-14-5-3-6-14/h8,10-12,14-16,19,21H,2-7,9H2,1H3,(H,20,22)/t15-,16+,19+/m0/s1. The number of carbonyl (C=O) groups excluding carboxylic acids is 1. The first kappa shape index (κ1) is 18.4. The number of thiophene rings is 1. The van der Waals surface area contributed by atoms with Gasteiger partial charge in [-0.15, -0.1) is 0 Å². The summed E-state index contributed by atoms with van der Waals surface area (Å²) in [6.07, 6.45) is 6.21. The van der Waals surface area contributed by atoms with Crippen LogP contribution in [0.4, 0.5) is 0 Å². The molecule has 0 spiro atoms. The van der Waals surface area contributed by atoms with Crippen molar-refractivity contribution in [3.8, 4) is 0 Å². The predicted molar refractivity (Wildman–Crippen MR) is 97.2 cm³/mol. The maximum absolute atomic E-state index is 12.6. The van der Waals surface area contributed by atoms with Gasteiger partial charge in [0, 0.05) is 31.1 Å². The van der Waals surface area contributed by atoms with Crippen molar-refractivity contribution >= 4 is 17.2 Å². The Bertz CT molecular complexity index is 582. The van der Waals surface area contributed by atoms with Crippen molar-refractivity contribution in [3.05, 3.63) is 34.2 Å². The monoisotopic (exact) mass is 365 g/mol. The zero-order chi connectivity index (χ0) is 17.6. The summed E-state index contributed by atoms with van der Waals surface area (Å²) in [4.78, 5) is 12.6. The fourth-order valence-corrected chi connectivity index (χ4v) is 4.13. The molecule has 5 nitrogen and oxygen atoms in total. The summed E-state index contributed by atoms with van der Waals surface area (Å²) in [6.45, 7) is 2.59. The molecule has 0 radical (unpaired) electrons. The van der Waals surface area contributed by atoms with E-state index in [9.17, 15) is 9.90 Å². The highest BCUT2D eigenvalue weighted by Gasteiger charge is 2.38. The van der Waals surface area contributed by atoms with Gasteiger partial charge < -0.3 is 19.9 Å². The smallest absolute Gasteiger partial charge is 0.286 e. The Morgan fingerprint density at radius 1 is 1.48 bits per heavy atom. The van der Waals surface area contributed by atoms with Crippen LogP contribution in [0.25, 0.3) is 0 Å². The summed E-state index contributed by atoms with van der Waals surface area (Å²) in [7, 11) is 0. The third kappa shape index (κ3) is 4.43. The molecule has 1 fully saturated rings. The van der Waals surface area contributed by atoms with E-state index in [1.165, 1.54) is 12.0 Å². The lowest BCUT2D eigenvalue weighted by Gasteiger charge is -2.37. The second kappa shape index (κ2) is 8.83. The first-order valence-corrected chi connectivity index (χ1v) is 10.1. The van der Waals surface area contributed by atoms with Gasteiger partial charge in [0.05, 0.1) is 0 Å². The summed E-state index contributed by atoms with van der Waals surface area (Å²) < 4.78 is 11.8. The number of carbonyl (C=O) groups is 1. The van der Waals surface area contributed by atoms with E-state index in [1.807, 2.05) is 18.4 Å². The van der Waals surface area contributed by atoms with Gasteiger partial charge in [-0.2, -0.15) is 11.3 Å². The SMILES string of the molecule is CCO[C@@H]1OC(C(=O)NC2CCC2)=C[C@H](c2ccsc2)[C@@H]1CCCO. The molecule has 1 aliphatic carbocycles. The molecule has 0 saturated heterocycles. The third-order valence-corrected chi connectivity index (χ3v) is 5.71. The predicted octanol–water partition coefficient (Wildman–Crippen LogP) is 3.17. The van der Waals surface area contributed by atoms with Gasteiger partial charge in [-0.1, -0.05) is 0 Å². The molecule has 3 atom stereocenters. The topological polar surface area (TPSA) is 67.8 Å². The van der Waals surface area contributed by atoms with Gasteiger partial charge in [0.25, 0.3) is 5.91 Å². The van der Waals surface area contributed by atoms with E-state index >= 15 is 0 Å². The van der Waals surface area contributed by atoms with Crippen LogP contribution in [0.3, 0.4) is 0 Å². The number of hydrogen-bond donors (Lipinski definition) is 2. The van der Waals surface area contributed by atoms with Gasteiger partial charge in [0.1, 0.15) is 0 Å². The highest BCUT2D eigenvalue weighted by molar-refractivity contribution is 7.08. The maximum Gasteiger partial charge on any atom is 0.286 e. The molecule has 2 aliphatic rings. The Labute approximate surface area is 153 Å². The molecule has 0 unspecified atom stereocenters. The molecule has 1 aromatic heterocycles. The number of rotatable bonds is 8. The highest BCUT2D eigenvalue weighted by Crippen LogP contribution is 2.40. The molecule has 3 rings (SSSR count). The number of ether oxygens (including phenoxy) is 2. The molecular weight excluding hydrogens is 338 g/mol. The van der Waals surface area contributed by atoms with E-state index in [0.29, 0.717) is 18.8 Å². The molecule has 1 aliphatic heterocycles. The van der Waals surface area contributed by atoms with Gasteiger partial charge in [-0.05, 0) is 67.5 Å². The molecule has 1 saturated carbocycles. The number of amides is 1. The number of aliphatic hydroxyl groups is 1. The lowest BCUT2D eigenvalue weighted by Crippen LogP contribution is -2.43. The van der Waals surface area contributed by atoms with E-state index in [0.717, 1.165) is 19.3 Å². The Hall–Kier alpha value is -1.37. The van der Waals surface area contributed by atoms with E-state index in [-0.39, 0.29) is 30.4 Å². The van der Waals surface area contributed by atoms with Crippen molar-refractivity contribution in [2.75, 3.05) is 13.2 Å². The Morgan fingerprint density at radius 3 is 2.92 bits per heavy atom. The average molecular weight is 365 g/mol. The molecule has 138 valence electrons. The molecule has 1 aromatic rings. The van der Waals surface area contributed by atoms with Crippen molar-refractivity contribution in [3.63, 3.8) is 0 Å². The largest absolute Gasteiger partial charge is 0.459 e. The minimum Gasteiger partial charge on any atom is -0.459 e. The van der Waals surface area contributed by atoms with Crippen LogP contribution in [0.5, 0.6) is 0 Å². The van der Waals surface area contributed by atoms with Crippen LogP contribution >= 0.6 is 11.3 Å². The highest BCUT2D eigenvalue weighted by atomic mass is 32.1. The fourth-order valence-electron chi connectivity index (χ4n) is 3.42. The second-order valence-corrected chi connectivity index (χ2v) is 7.47. The molecular formula is C19H27NO4S. The maximum atomic E-state index is 12.6. The molecule has 25 heavy (non-hydrogen) atoms. The van der Waals surface area contributed by atoms with Gasteiger partial charge in [-0.3, -0.25) is 4.79 Å². The zero-order valence-corrected chi connectivity index (χ0v) is 15.5. The second-order valence-electron chi connectivity index (χ2n) is 6.69. The van der Waals surface area contributed by atoms with Crippen LogP contribution in [0.2, 0.25) is 0 Å². The van der Waals surface area contributed by atoms with Crippen molar-refractivity contribution in [2.24, 2.45) is 5.92 Å². The van der Waals surface area contributed by atoms with Crippen LogP contribution in [-0.4, -0.2) is 36.6 Å². The summed E-state index contributed by atoms with van der Waals surface area (Å²) in [6, 6.07) is 2.36. The summed E-state index contributed by atoms with van der Waals surface area (Å²) >= 11 is 1.65. The number of nitrogens with one attached hydrogen (secondary N) is 1. The van der Waals surface area contributed by atoms with E-state index < -0.39 is 6.29 Å². The molecule has 2 heterocycles. The Kier molecular flexibility index (Phi) is 6.51. The van der Waals surface area contributed by atoms with Crippen LogP contribution in [-0.2, 0) is 14.3 Å². The van der Waals surface area contributed by atoms with Gasteiger partial charge in [0.2, 0.25) is 6.29 Å². The van der Waals surface area contributed by atoms with Gasteiger partial charge in [0.15, 0.2) is 5.76 Å². The van der Waals surface area contributed by atoms with E-state index in [2.05, 4.69) is 16.8 Å². The Balaban J connectivity index is 1.83. The van der Waals surface area contributed by atoms with Crippen LogP contribution in [0.1, 0.15) is 50.5 Å². The fraction of sp³-hybridized carbons (Fsp3) is 0.632. The lowest BCUT2D eigenvalue weighted by atomic mass is 9.81. The quantitative estimate of drug-likeness (QED) is 0.742. The van der Waals surface area contributed by atoms with Crippen molar-refractivity contribution in [1.29, 1.82) is 0 Å². The van der Waals surface area contributed by atoms with E-state index in [4.69, 9.17) is 9.47 Å². The number of aliphatic hydroxyl groups excluding tert-OH is 1.